The molecule has 0 aliphatic rings. The van der Waals surface area contributed by atoms with E-state index in [1.165, 1.54) is 12.1 Å². The maximum Gasteiger partial charge on any atom is 0.123 e. The largest absolute Gasteiger partial charge is 0.388 e. The number of hydrogen-bond donors (Lipinski definition) is 1. The van der Waals surface area contributed by atoms with Crippen LogP contribution in [0.15, 0.2) is 51.8 Å². The Balaban J connectivity index is 2.07. The van der Waals surface area contributed by atoms with Gasteiger partial charge in [-0.3, -0.25) is 0 Å². The molecule has 19 heavy (non-hydrogen) atoms. The molecule has 2 rings (SSSR count). The van der Waals surface area contributed by atoms with E-state index in [-0.39, 0.29) is 5.82 Å². The Morgan fingerprint density at radius 2 is 2.00 bits per heavy atom. The van der Waals surface area contributed by atoms with Crippen molar-refractivity contribution in [3.05, 3.63) is 63.9 Å². The first-order valence-electron chi connectivity index (χ1n) is 5.89. The van der Waals surface area contributed by atoms with Crippen LogP contribution in [0.1, 0.15) is 17.2 Å². The highest BCUT2D eigenvalue weighted by Crippen LogP contribution is 2.31. The highest BCUT2D eigenvalue weighted by molar-refractivity contribution is 9.10. The number of rotatable bonds is 4. The fraction of sp³-hybridized carbons (Fsp3) is 0.200. The van der Waals surface area contributed by atoms with E-state index in [4.69, 9.17) is 0 Å². The van der Waals surface area contributed by atoms with Crippen molar-refractivity contribution in [2.45, 2.75) is 17.9 Å². The number of aryl methyl sites for hydroxylation is 1. The van der Waals surface area contributed by atoms with Gasteiger partial charge < -0.3 is 5.11 Å². The summed E-state index contributed by atoms with van der Waals surface area (Å²) in [4.78, 5) is 1.07. The summed E-state index contributed by atoms with van der Waals surface area (Å²) in [6.07, 6.45) is -0.673. The second kappa shape index (κ2) is 6.55. The third-order valence-corrected chi connectivity index (χ3v) is 4.94. The average molecular weight is 341 g/mol. The Hall–Kier alpha value is -0.840. The summed E-state index contributed by atoms with van der Waals surface area (Å²) in [6.45, 7) is 1.88. The Bertz CT molecular complexity index is 574. The fourth-order valence-electron chi connectivity index (χ4n) is 1.79. The van der Waals surface area contributed by atoms with Crippen LogP contribution >= 0.6 is 27.7 Å². The third kappa shape index (κ3) is 3.81. The molecular weight excluding hydrogens is 327 g/mol. The zero-order valence-electron chi connectivity index (χ0n) is 10.4. The number of aliphatic hydroxyl groups is 1. The molecule has 0 aliphatic heterocycles. The predicted molar refractivity (Wildman–Crippen MR) is 81.0 cm³/mol. The molecule has 1 N–H and O–H groups in total. The summed E-state index contributed by atoms with van der Waals surface area (Å²) in [6, 6.07) is 12.3. The number of hydrogen-bond acceptors (Lipinski definition) is 2. The molecule has 0 amide bonds. The fourth-order valence-corrected chi connectivity index (χ4v) is 3.32. The lowest BCUT2D eigenvalue weighted by Crippen LogP contribution is -2.03. The highest BCUT2D eigenvalue weighted by atomic mass is 79.9. The molecule has 0 bridgehead atoms. The molecule has 0 saturated carbocycles. The lowest BCUT2D eigenvalue weighted by molar-refractivity contribution is 0.203. The van der Waals surface area contributed by atoms with E-state index < -0.39 is 6.10 Å². The van der Waals surface area contributed by atoms with Gasteiger partial charge in [0.05, 0.1) is 6.10 Å². The van der Waals surface area contributed by atoms with E-state index in [0.29, 0.717) is 11.3 Å². The van der Waals surface area contributed by atoms with Gasteiger partial charge in [0.2, 0.25) is 0 Å². The van der Waals surface area contributed by atoms with Crippen LogP contribution in [-0.2, 0) is 0 Å². The molecule has 0 heterocycles. The summed E-state index contributed by atoms with van der Waals surface area (Å²) < 4.78 is 14.2. The van der Waals surface area contributed by atoms with Crippen molar-refractivity contribution < 1.29 is 9.50 Å². The Morgan fingerprint density at radius 3 is 2.74 bits per heavy atom. The lowest BCUT2D eigenvalue weighted by Gasteiger charge is -2.14. The zero-order chi connectivity index (χ0) is 13.8. The van der Waals surface area contributed by atoms with Gasteiger partial charge in [0.1, 0.15) is 5.82 Å². The summed E-state index contributed by atoms with van der Waals surface area (Å²) >= 11 is 5.01. The molecular formula is C15H14BrFOS. The van der Waals surface area contributed by atoms with Crippen molar-refractivity contribution in [3.8, 4) is 0 Å². The van der Waals surface area contributed by atoms with E-state index in [2.05, 4.69) is 15.9 Å². The normalized spacial score (nSPS) is 12.4. The topological polar surface area (TPSA) is 20.2 Å². The minimum Gasteiger partial charge on any atom is -0.388 e. The second-order valence-electron chi connectivity index (χ2n) is 4.26. The van der Waals surface area contributed by atoms with Crippen LogP contribution in [0.4, 0.5) is 4.39 Å². The van der Waals surface area contributed by atoms with Gasteiger partial charge in [-0.2, -0.15) is 0 Å². The maximum absolute atomic E-state index is 13.2. The third-order valence-electron chi connectivity index (χ3n) is 2.83. The van der Waals surface area contributed by atoms with Crippen molar-refractivity contribution in [1.82, 2.24) is 0 Å². The Kier molecular flexibility index (Phi) is 5.02. The van der Waals surface area contributed by atoms with Gasteiger partial charge in [0.15, 0.2) is 0 Å². The molecule has 100 valence electrons. The Labute approximate surface area is 125 Å². The van der Waals surface area contributed by atoms with E-state index in [1.54, 1.807) is 17.8 Å². The Morgan fingerprint density at radius 1 is 1.26 bits per heavy atom. The first-order chi connectivity index (χ1) is 9.08. The smallest absolute Gasteiger partial charge is 0.123 e. The van der Waals surface area contributed by atoms with Gasteiger partial charge in [-0.05, 0) is 58.2 Å². The van der Waals surface area contributed by atoms with Crippen LogP contribution in [0.3, 0.4) is 0 Å². The molecule has 0 spiro atoms. The average Bonchev–Trinajstić information content (AvgIpc) is 2.40. The maximum atomic E-state index is 13.2. The molecule has 1 unspecified atom stereocenters. The van der Waals surface area contributed by atoms with E-state index in [9.17, 15) is 9.50 Å². The van der Waals surface area contributed by atoms with Crippen LogP contribution in [0, 0.1) is 12.7 Å². The minimum absolute atomic E-state index is 0.314. The second-order valence-corrected chi connectivity index (χ2v) is 6.17. The number of thioether (sulfide) groups is 1. The van der Waals surface area contributed by atoms with E-state index in [1.807, 2.05) is 31.2 Å². The molecule has 2 aromatic carbocycles. The van der Waals surface area contributed by atoms with Gasteiger partial charge in [0, 0.05) is 15.1 Å². The first kappa shape index (κ1) is 14.6. The van der Waals surface area contributed by atoms with Crippen molar-refractivity contribution >= 4 is 27.7 Å². The van der Waals surface area contributed by atoms with Gasteiger partial charge in [0.25, 0.3) is 0 Å². The van der Waals surface area contributed by atoms with Gasteiger partial charge >= 0.3 is 0 Å². The predicted octanol–water partition coefficient (Wildman–Crippen LogP) is 4.72. The first-order valence-corrected chi connectivity index (χ1v) is 7.67. The van der Waals surface area contributed by atoms with Gasteiger partial charge in [-0.1, -0.05) is 18.2 Å². The van der Waals surface area contributed by atoms with Crippen LogP contribution in [0.5, 0.6) is 0 Å². The SMILES string of the molecule is Cc1ccc(F)cc1C(O)CSc1ccccc1Br. The number of aliphatic hydroxyl groups excluding tert-OH is 1. The molecule has 0 aliphatic carbocycles. The molecule has 0 saturated heterocycles. The molecule has 4 heteroatoms. The molecule has 0 radical (unpaired) electrons. The molecule has 0 aromatic heterocycles. The minimum atomic E-state index is -0.673. The highest BCUT2D eigenvalue weighted by Gasteiger charge is 2.12. The molecule has 1 nitrogen and oxygen atoms in total. The van der Waals surface area contributed by atoms with E-state index in [0.717, 1.165) is 14.9 Å². The van der Waals surface area contributed by atoms with Crippen molar-refractivity contribution in [1.29, 1.82) is 0 Å². The van der Waals surface area contributed by atoms with Crippen LogP contribution in [0.2, 0.25) is 0 Å². The number of halogens is 2. The van der Waals surface area contributed by atoms with Crippen molar-refractivity contribution in [2.75, 3.05) is 5.75 Å². The van der Waals surface area contributed by atoms with Crippen LogP contribution in [0.25, 0.3) is 0 Å². The monoisotopic (exact) mass is 340 g/mol. The summed E-state index contributed by atoms with van der Waals surface area (Å²) in [5.41, 5.74) is 1.56. The van der Waals surface area contributed by atoms with E-state index >= 15 is 0 Å². The lowest BCUT2D eigenvalue weighted by atomic mass is 10.0. The van der Waals surface area contributed by atoms with Crippen molar-refractivity contribution in [3.63, 3.8) is 0 Å². The standard InChI is InChI=1S/C15H14BrFOS/c1-10-6-7-11(17)8-12(10)14(18)9-19-15-5-3-2-4-13(15)16/h2-8,14,18H,9H2,1H3. The summed E-state index contributed by atoms with van der Waals surface area (Å²) in [7, 11) is 0. The quantitative estimate of drug-likeness (QED) is 0.812. The molecule has 2 aromatic rings. The zero-order valence-corrected chi connectivity index (χ0v) is 12.8. The molecule has 0 fully saturated rings. The summed E-state index contributed by atoms with van der Waals surface area (Å²) in [5.74, 6) is 0.179. The van der Waals surface area contributed by atoms with Gasteiger partial charge in [-0.15, -0.1) is 11.8 Å². The van der Waals surface area contributed by atoms with Gasteiger partial charge in [-0.25, -0.2) is 4.39 Å². The van der Waals surface area contributed by atoms with Crippen LogP contribution in [-0.4, -0.2) is 10.9 Å². The van der Waals surface area contributed by atoms with Crippen molar-refractivity contribution in [2.24, 2.45) is 0 Å². The number of benzene rings is 2. The van der Waals surface area contributed by atoms with Crippen LogP contribution < -0.4 is 0 Å². The molecule has 1 atom stereocenters. The summed E-state index contributed by atoms with van der Waals surface area (Å²) in [5, 5.41) is 10.2.